The molecular weight excluding hydrogens is 88.1 g/mol. The van der Waals surface area contributed by atoms with Gasteiger partial charge in [-0.1, -0.05) is 0 Å². The number of hydrogen-bond acceptors (Lipinski definition) is 2. The van der Waals surface area contributed by atoms with Crippen LogP contribution < -0.4 is 5.73 Å². The van der Waals surface area contributed by atoms with Gasteiger partial charge in [0.15, 0.2) is 0 Å². The van der Waals surface area contributed by atoms with Gasteiger partial charge in [0.2, 0.25) is 0 Å². The highest BCUT2D eigenvalue weighted by molar-refractivity contribution is 5.28. The van der Waals surface area contributed by atoms with Crippen molar-refractivity contribution in [1.82, 2.24) is 0 Å². The zero-order valence-electron chi connectivity index (χ0n) is 4.52. The van der Waals surface area contributed by atoms with Gasteiger partial charge in [0, 0.05) is 12.2 Å². The molecule has 0 amide bonds. The molecule has 40 valence electrons. The van der Waals surface area contributed by atoms with E-state index in [1.165, 1.54) is 0 Å². The Kier molecular flexibility index (Phi) is 3.24. The predicted molar refractivity (Wildman–Crippen MR) is 32.4 cm³/mol. The molecule has 0 rings (SSSR count). The molecule has 0 aromatic rings. The molecule has 0 aromatic heterocycles. The van der Waals surface area contributed by atoms with Crippen LogP contribution in [0.25, 0.3) is 0 Å². The van der Waals surface area contributed by atoms with Crippen molar-refractivity contribution < 1.29 is 0 Å². The van der Waals surface area contributed by atoms with E-state index in [4.69, 9.17) is 5.73 Å². The molecule has 2 nitrogen and oxygen atoms in total. The van der Waals surface area contributed by atoms with Gasteiger partial charge in [-0.2, -0.15) is 0 Å². The number of rotatable bonds is 2. The minimum absolute atomic E-state index is 0.546. The first kappa shape index (κ1) is 6.37. The van der Waals surface area contributed by atoms with Crippen molar-refractivity contribution >= 4 is 6.72 Å². The maximum absolute atomic E-state index is 5.14. The van der Waals surface area contributed by atoms with E-state index in [-0.39, 0.29) is 0 Å². The summed E-state index contributed by atoms with van der Waals surface area (Å²) in [6.45, 7) is 5.71. The molecule has 0 atom stereocenters. The smallest absolute Gasteiger partial charge is 0.0338 e. The lowest BCUT2D eigenvalue weighted by molar-refractivity contribution is 1.19. The number of nitrogens with zero attached hydrogens (tertiary/aromatic N) is 1. The molecule has 0 aliphatic carbocycles. The van der Waals surface area contributed by atoms with Gasteiger partial charge in [-0.25, -0.2) is 0 Å². The van der Waals surface area contributed by atoms with Crippen LogP contribution in [0.3, 0.4) is 0 Å². The van der Waals surface area contributed by atoms with Gasteiger partial charge in [-0.3, -0.25) is 4.99 Å². The zero-order chi connectivity index (χ0) is 5.70. The summed E-state index contributed by atoms with van der Waals surface area (Å²) < 4.78 is 0. The van der Waals surface area contributed by atoms with E-state index in [0.717, 1.165) is 5.70 Å². The Balaban J connectivity index is 3.49. The van der Waals surface area contributed by atoms with E-state index in [0.29, 0.717) is 6.54 Å². The molecule has 0 fully saturated rings. The molecule has 0 unspecified atom stereocenters. The maximum atomic E-state index is 5.14. The van der Waals surface area contributed by atoms with Crippen LogP contribution in [0.2, 0.25) is 0 Å². The summed E-state index contributed by atoms with van der Waals surface area (Å²) in [6, 6.07) is 0. The molecule has 0 spiro atoms. The van der Waals surface area contributed by atoms with Crippen LogP contribution in [-0.2, 0) is 0 Å². The van der Waals surface area contributed by atoms with E-state index in [1.807, 2.05) is 13.0 Å². The average molecular weight is 98.1 g/mol. The lowest BCUT2D eigenvalue weighted by atomic mass is 10.4. The molecule has 0 saturated heterocycles. The first-order valence-electron chi connectivity index (χ1n) is 2.15. The van der Waals surface area contributed by atoms with Gasteiger partial charge in [0.1, 0.15) is 0 Å². The highest BCUT2D eigenvalue weighted by Crippen LogP contribution is 1.87. The van der Waals surface area contributed by atoms with E-state index in [1.54, 1.807) is 0 Å². The molecule has 0 aromatic carbocycles. The monoisotopic (exact) mass is 98.1 g/mol. The Morgan fingerprint density at radius 3 is 2.71 bits per heavy atom. The zero-order valence-corrected chi connectivity index (χ0v) is 4.52. The molecular formula is C5H10N2. The SMILES string of the molecule is C=N/C(C)=C\CN. The summed E-state index contributed by atoms with van der Waals surface area (Å²) in [5.74, 6) is 0. The highest BCUT2D eigenvalue weighted by Gasteiger charge is 1.72. The quantitative estimate of drug-likeness (QED) is 0.503. The second kappa shape index (κ2) is 3.56. The molecule has 0 bridgehead atoms. The standard InChI is InChI=1S/C5H10N2/c1-5(7-2)3-4-6/h3H,2,4,6H2,1H3/b5-3-. The Bertz CT molecular complexity index is 84.1. The lowest BCUT2D eigenvalue weighted by Gasteiger charge is -1.83. The minimum Gasteiger partial charge on any atom is -0.327 e. The fraction of sp³-hybridized carbons (Fsp3) is 0.400. The summed E-state index contributed by atoms with van der Waals surface area (Å²) in [7, 11) is 0. The lowest BCUT2D eigenvalue weighted by Crippen LogP contribution is -1.93. The molecule has 0 aliphatic rings. The molecule has 2 N–H and O–H groups in total. The van der Waals surface area contributed by atoms with E-state index >= 15 is 0 Å². The van der Waals surface area contributed by atoms with E-state index < -0.39 is 0 Å². The summed E-state index contributed by atoms with van der Waals surface area (Å²) >= 11 is 0. The Morgan fingerprint density at radius 1 is 2.00 bits per heavy atom. The van der Waals surface area contributed by atoms with E-state index in [2.05, 4.69) is 11.7 Å². The van der Waals surface area contributed by atoms with Gasteiger partial charge >= 0.3 is 0 Å². The van der Waals surface area contributed by atoms with Crippen LogP contribution in [0.1, 0.15) is 6.92 Å². The van der Waals surface area contributed by atoms with Crippen molar-refractivity contribution in [2.75, 3.05) is 6.54 Å². The summed E-state index contributed by atoms with van der Waals surface area (Å²) in [6.07, 6.45) is 1.81. The van der Waals surface area contributed by atoms with Gasteiger partial charge in [-0.05, 0) is 19.7 Å². The number of hydrogen-bond donors (Lipinski definition) is 1. The van der Waals surface area contributed by atoms with Crippen molar-refractivity contribution in [2.24, 2.45) is 10.7 Å². The normalized spacial score (nSPS) is 11.4. The second-order valence-corrected chi connectivity index (χ2v) is 1.24. The second-order valence-electron chi connectivity index (χ2n) is 1.24. The fourth-order valence-corrected chi connectivity index (χ4v) is 0.235. The Morgan fingerprint density at radius 2 is 2.57 bits per heavy atom. The van der Waals surface area contributed by atoms with Crippen LogP contribution in [-0.4, -0.2) is 13.3 Å². The number of aliphatic imine (C=N–C) groups is 1. The molecule has 0 saturated carbocycles. The van der Waals surface area contributed by atoms with Crippen LogP contribution in [0, 0.1) is 0 Å². The van der Waals surface area contributed by atoms with Crippen LogP contribution >= 0.6 is 0 Å². The average Bonchev–Trinajstić information content (AvgIpc) is 1.68. The van der Waals surface area contributed by atoms with Crippen molar-refractivity contribution in [2.45, 2.75) is 6.92 Å². The molecule has 0 heterocycles. The van der Waals surface area contributed by atoms with Crippen molar-refractivity contribution in [1.29, 1.82) is 0 Å². The van der Waals surface area contributed by atoms with Gasteiger partial charge in [0.05, 0.1) is 0 Å². The first-order valence-corrected chi connectivity index (χ1v) is 2.15. The van der Waals surface area contributed by atoms with Gasteiger partial charge in [0.25, 0.3) is 0 Å². The Labute approximate surface area is 43.7 Å². The summed E-state index contributed by atoms with van der Waals surface area (Å²) in [4.78, 5) is 3.61. The van der Waals surface area contributed by atoms with Crippen molar-refractivity contribution in [3.8, 4) is 0 Å². The number of nitrogens with two attached hydrogens (primary N) is 1. The van der Waals surface area contributed by atoms with Crippen LogP contribution in [0.4, 0.5) is 0 Å². The van der Waals surface area contributed by atoms with Crippen LogP contribution in [0.5, 0.6) is 0 Å². The highest BCUT2D eigenvalue weighted by atomic mass is 14.7. The van der Waals surface area contributed by atoms with Crippen molar-refractivity contribution in [3.63, 3.8) is 0 Å². The Hall–Kier alpha value is -0.630. The summed E-state index contributed by atoms with van der Waals surface area (Å²) in [5, 5.41) is 0. The fourth-order valence-electron chi connectivity index (χ4n) is 0.235. The largest absolute Gasteiger partial charge is 0.327 e. The minimum atomic E-state index is 0.546. The van der Waals surface area contributed by atoms with Gasteiger partial charge < -0.3 is 5.73 Å². The van der Waals surface area contributed by atoms with E-state index in [9.17, 15) is 0 Å². The van der Waals surface area contributed by atoms with Crippen molar-refractivity contribution in [3.05, 3.63) is 11.8 Å². The number of allylic oxidation sites excluding steroid dienone is 1. The third-order valence-corrected chi connectivity index (χ3v) is 0.663. The third kappa shape index (κ3) is 3.19. The van der Waals surface area contributed by atoms with Gasteiger partial charge in [-0.15, -0.1) is 0 Å². The molecule has 7 heavy (non-hydrogen) atoms. The molecule has 2 heteroatoms. The first-order chi connectivity index (χ1) is 3.31. The topological polar surface area (TPSA) is 38.4 Å². The molecule has 0 aliphatic heterocycles. The predicted octanol–water partition coefficient (Wildman–Crippen LogP) is 0.550. The molecule has 0 radical (unpaired) electrons. The summed E-state index contributed by atoms with van der Waals surface area (Å²) in [5.41, 5.74) is 6.03. The third-order valence-electron chi connectivity index (χ3n) is 0.663. The maximum Gasteiger partial charge on any atom is 0.0338 e. The van der Waals surface area contributed by atoms with Crippen LogP contribution in [0.15, 0.2) is 16.8 Å².